The van der Waals surface area contributed by atoms with E-state index in [-0.39, 0.29) is 0 Å². The van der Waals surface area contributed by atoms with Crippen LogP contribution in [0.15, 0.2) is 89.2 Å². The fourth-order valence-electron chi connectivity index (χ4n) is 4.18. The van der Waals surface area contributed by atoms with Crippen LogP contribution in [0.5, 0.6) is 5.75 Å². The van der Waals surface area contributed by atoms with Crippen molar-refractivity contribution in [1.82, 2.24) is 14.8 Å². The summed E-state index contributed by atoms with van der Waals surface area (Å²) in [5.41, 5.74) is 3.76. The number of carbonyl (C=O) groups excluding carboxylic acids is 1. The summed E-state index contributed by atoms with van der Waals surface area (Å²) in [5.74, 6) is 1.32. The Kier molecular flexibility index (Phi) is 7.93. The minimum atomic E-state index is -0.565. The van der Waals surface area contributed by atoms with Crippen molar-refractivity contribution in [3.05, 3.63) is 111 Å². The lowest BCUT2D eigenvalue weighted by molar-refractivity contribution is -0.136. The summed E-state index contributed by atoms with van der Waals surface area (Å²) in [6.45, 7) is 2.14. The van der Waals surface area contributed by atoms with E-state index >= 15 is 0 Å². The molecule has 0 fully saturated rings. The number of carbonyl (C=O) groups is 1. The maximum atomic E-state index is 12.9. The summed E-state index contributed by atoms with van der Waals surface area (Å²) < 4.78 is 12.9. The van der Waals surface area contributed by atoms with Gasteiger partial charge in [-0.25, -0.2) is 9.48 Å². The Labute approximate surface area is 234 Å². The number of rotatable bonds is 8. The highest BCUT2D eigenvalue weighted by molar-refractivity contribution is 7.98. The number of hydrogen-bond donors (Lipinski definition) is 1. The van der Waals surface area contributed by atoms with Crippen LogP contribution in [0.2, 0.25) is 10.0 Å². The summed E-state index contributed by atoms with van der Waals surface area (Å²) >= 11 is 14.1. The quantitative estimate of drug-likeness (QED) is 0.183. The van der Waals surface area contributed by atoms with Crippen molar-refractivity contribution in [3.63, 3.8) is 0 Å². The largest absolute Gasteiger partial charge is 0.489 e. The number of halogens is 2. The van der Waals surface area contributed by atoms with Gasteiger partial charge in [0.1, 0.15) is 18.4 Å². The molecule has 2 heterocycles. The molecule has 194 valence electrons. The molecule has 1 aromatic heterocycles. The molecular formula is C28H24Cl2N4O3S. The van der Waals surface area contributed by atoms with Crippen molar-refractivity contribution >= 4 is 46.9 Å². The minimum Gasteiger partial charge on any atom is -0.489 e. The molecule has 0 saturated carbocycles. The molecule has 5 rings (SSSR count). The van der Waals surface area contributed by atoms with Crippen molar-refractivity contribution in [2.75, 3.05) is 12.4 Å². The summed E-state index contributed by atoms with van der Waals surface area (Å²) in [7, 11) is 1.37. The molecular weight excluding hydrogens is 543 g/mol. The van der Waals surface area contributed by atoms with Crippen LogP contribution in [-0.2, 0) is 21.9 Å². The lowest BCUT2D eigenvalue weighted by atomic mass is 9.95. The number of ether oxygens (including phenoxy) is 2. The average molecular weight is 567 g/mol. The number of anilines is 1. The van der Waals surface area contributed by atoms with Gasteiger partial charge < -0.3 is 14.8 Å². The first-order chi connectivity index (χ1) is 18.4. The van der Waals surface area contributed by atoms with Crippen LogP contribution in [0.3, 0.4) is 0 Å². The van der Waals surface area contributed by atoms with Crippen LogP contribution < -0.4 is 10.1 Å². The first kappa shape index (κ1) is 26.2. The third-order valence-corrected chi connectivity index (χ3v) is 7.70. The first-order valence-electron chi connectivity index (χ1n) is 11.8. The number of allylic oxidation sites excluding steroid dienone is 1. The number of thioether (sulfide) groups is 1. The van der Waals surface area contributed by atoms with Gasteiger partial charge in [0.25, 0.3) is 0 Å². The molecule has 4 aromatic rings. The van der Waals surface area contributed by atoms with Crippen LogP contribution >= 0.6 is 35.0 Å². The highest BCUT2D eigenvalue weighted by Crippen LogP contribution is 2.38. The smallest absolute Gasteiger partial charge is 0.338 e. The molecule has 3 aromatic carbocycles. The second-order valence-electron chi connectivity index (χ2n) is 8.55. The average Bonchev–Trinajstić information content (AvgIpc) is 3.33. The Morgan fingerprint density at radius 3 is 2.45 bits per heavy atom. The van der Waals surface area contributed by atoms with Gasteiger partial charge in [0, 0.05) is 27.1 Å². The van der Waals surface area contributed by atoms with E-state index in [1.165, 1.54) is 18.9 Å². The lowest BCUT2D eigenvalue weighted by Gasteiger charge is -2.28. The molecule has 1 atom stereocenters. The number of fused-ring (bicyclic) bond motifs is 1. The van der Waals surface area contributed by atoms with E-state index in [2.05, 4.69) is 10.3 Å². The van der Waals surface area contributed by atoms with E-state index in [4.69, 9.17) is 37.8 Å². The molecule has 7 nitrogen and oxygen atoms in total. The Hall–Kier alpha value is -3.46. The number of benzene rings is 3. The van der Waals surface area contributed by atoms with Gasteiger partial charge in [-0.15, -0.1) is 5.10 Å². The Morgan fingerprint density at radius 1 is 1.03 bits per heavy atom. The van der Waals surface area contributed by atoms with Gasteiger partial charge in [0.15, 0.2) is 0 Å². The molecule has 38 heavy (non-hydrogen) atoms. The molecule has 1 aliphatic heterocycles. The molecule has 0 radical (unpaired) electrons. The van der Waals surface area contributed by atoms with E-state index < -0.39 is 12.0 Å². The minimum absolute atomic E-state index is 0.311. The summed E-state index contributed by atoms with van der Waals surface area (Å²) in [6, 6.07) is 22.2. The normalized spacial score (nSPS) is 14.6. The van der Waals surface area contributed by atoms with E-state index in [1.54, 1.807) is 4.68 Å². The summed E-state index contributed by atoms with van der Waals surface area (Å²) in [5, 5.41) is 9.85. The van der Waals surface area contributed by atoms with E-state index in [0.717, 1.165) is 16.7 Å². The Morgan fingerprint density at radius 2 is 1.74 bits per heavy atom. The third-order valence-electron chi connectivity index (χ3n) is 6.08. The molecule has 0 saturated heterocycles. The van der Waals surface area contributed by atoms with E-state index in [1.807, 2.05) is 79.7 Å². The third kappa shape index (κ3) is 5.53. The molecule has 10 heteroatoms. The molecule has 0 bridgehead atoms. The number of hydrogen-bond acceptors (Lipinski definition) is 7. The second-order valence-corrected chi connectivity index (χ2v) is 10.3. The topological polar surface area (TPSA) is 78.3 Å². The fraction of sp³-hybridized carbons (Fsp3) is 0.179. The Balaban J connectivity index is 1.46. The lowest BCUT2D eigenvalue weighted by Crippen LogP contribution is -2.29. The van der Waals surface area contributed by atoms with Crippen molar-refractivity contribution in [1.29, 1.82) is 0 Å². The van der Waals surface area contributed by atoms with Crippen LogP contribution in [-0.4, -0.2) is 27.8 Å². The van der Waals surface area contributed by atoms with Crippen molar-refractivity contribution in [3.8, 4) is 5.75 Å². The molecule has 1 aliphatic rings. The zero-order chi connectivity index (χ0) is 26.6. The number of esters is 1. The highest BCUT2D eigenvalue weighted by atomic mass is 35.5. The molecule has 1 unspecified atom stereocenters. The van der Waals surface area contributed by atoms with E-state index in [0.29, 0.717) is 50.5 Å². The van der Waals surface area contributed by atoms with Gasteiger partial charge >= 0.3 is 5.97 Å². The number of nitrogens with zero attached hydrogens (tertiary/aromatic N) is 3. The van der Waals surface area contributed by atoms with Gasteiger partial charge in [-0.05, 0) is 42.3 Å². The van der Waals surface area contributed by atoms with Crippen LogP contribution in [0.25, 0.3) is 0 Å². The van der Waals surface area contributed by atoms with Gasteiger partial charge in [-0.2, -0.15) is 4.98 Å². The van der Waals surface area contributed by atoms with Crippen molar-refractivity contribution < 1.29 is 14.3 Å². The van der Waals surface area contributed by atoms with Gasteiger partial charge in [-0.3, -0.25) is 0 Å². The fourth-order valence-corrected chi connectivity index (χ4v) is 5.49. The SMILES string of the molecule is COC(=O)C1=C(C)Nc2nc(SCc3ccccc3Cl)nn2C1c1cccc(OCc2ccccc2Cl)c1. The van der Waals surface area contributed by atoms with E-state index in [9.17, 15) is 4.79 Å². The standard InChI is InChI=1S/C28H24Cl2N4O3S/c1-17-24(26(35)36-2)25(18-10-7-11-21(14-18)37-15-19-8-3-5-12-22(19)29)34-27(31-17)32-28(33-34)38-16-20-9-4-6-13-23(20)30/h3-14,25H,15-16H2,1-2H3,(H,31,32,33). The highest BCUT2D eigenvalue weighted by Gasteiger charge is 2.35. The van der Waals surface area contributed by atoms with Gasteiger partial charge in [0.05, 0.1) is 12.7 Å². The first-order valence-corrected chi connectivity index (χ1v) is 13.5. The molecule has 0 amide bonds. The summed E-state index contributed by atoms with van der Waals surface area (Å²) in [4.78, 5) is 17.6. The Bertz CT molecular complexity index is 1520. The predicted octanol–water partition coefficient (Wildman–Crippen LogP) is 6.92. The van der Waals surface area contributed by atoms with Gasteiger partial charge in [0.2, 0.25) is 11.1 Å². The predicted molar refractivity (Wildman–Crippen MR) is 150 cm³/mol. The summed E-state index contributed by atoms with van der Waals surface area (Å²) in [6.07, 6.45) is 0. The maximum Gasteiger partial charge on any atom is 0.338 e. The zero-order valence-electron chi connectivity index (χ0n) is 20.7. The maximum absolute atomic E-state index is 12.9. The number of nitrogens with one attached hydrogen (secondary N) is 1. The second kappa shape index (κ2) is 11.5. The molecule has 1 N–H and O–H groups in total. The van der Waals surface area contributed by atoms with Crippen LogP contribution in [0, 0.1) is 0 Å². The zero-order valence-corrected chi connectivity index (χ0v) is 23.0. The van der Waals surface area contributed by atoms with Crippen LogP contribution in [0.1, 0.15) is 29.7 Å². The number of methoxy groups -OCH3 is 1. The van der Waals surface area contributed by atoms with Gasteiger partial charge in [-0.1, -0.05) is 83.5 Å². The number of aromatic nitrogens is 3. The van der Waals surface area contributed by atoms with Crippen molar-refractivity contribution in [2.24, 2.45) is 0 Å². The molecule has 0 aliphatic carbocycles. The van der Waals surface area contributed by atoms with Crippen LogP contribution in [0.4, 0.5) is 5.95 Å². The molecule has 0 spiro atoms. The van der Waals surface area contributed by atoms with Crippen molar-refractivity contribution in [2.45, 2.75) is 30.5 Å². The monoisotopic (exact) mass is 566 g/mol.